The minimum atomic E-state index is 0.467. The molecule has 0 spiro atoms. The van der Waals surface area contributed by atoms with Crippen LogP contribution < -0.4 is 15.5 Å². The molecule has 2 N–H and O–H groups in total. The maximum absolute atomic E-state index is 4.46. The first-order valence-corrected chi connectivity index (χ1v) is 8.51. The highest BCUT2D eigenvalue weighted by Crippen LogP contribution is 2.23. The minimum Gasteiger partial charge on any atom is -0.372 e. The molecule has 126 valence electrons. The van der Waals surface area contributed by atoms with Crippen LogP contribution in [-0.2, 0) is 0 Å². The molecular weight excluding hydrogens is 312 g/mol. The molecule has 0 bridgehead atoms. The van der Waals surface area contributed by atoms with Gasteiger partial charge in [-0.25, -0.2) is 0 Å². The van der Waals surface area contributed by atoms with Gasteiger partial charge in [0.25, 0.3) is 0 Å². The van der Waals surface area contributed by atoms with Crippen LogP contribution in [0.5, 0.6) is 0 Å². The van der Waals surface area contributed by atoms with Gasteiger partial charge in [-0.3, -0.25) is 0 Å². The topological polar surface area (TPSA) is 66.0 Å². The summed E-state index contributed by atoms with van der Waals surface area (Å²) in [5, 5.41) is 14.5. The fourth-order valence-electron chi connectivity index (χ4n) is 2.95. The highest BCUT2D eigenvalue weighted by atomic mass is 15.3. The number of para-hydroxylation sites is 1. The van der Waals surface area contributed by atoms with Gasteiger partial charge in [-0.1, -0.05) is 18.2 Å². The van der Waals surface area contributed by atoms with E-state index in [0.29, 0.717) is 11.8 Å². The van der Waals surface area contributed by atoms with E-state index in [0.717, 1.165) is 24.5 Å². The van der Waals surface area contributed by atoms with E-state index >= 15 is 0 Å². The quantitative estimate of drug-likeness (QED) is 0.737. The van der Waals surface area contributed by atoms with Crippen molar-refractivity contribution in [2.24, 2.45) is 0 Å². The molecule has 1 aliphatic rings. The third kappa shape index (κ3) is 3.85. The fourth-order valence-corrected chi connectivity index (χ4v) is 2.95. The molecule has 0 saturated carbocycles. The molecule has 25 heavy (non-hydrogen) atoms. The van der Waals surface area contributed by atoms with Crippen molar-refractivity contribution in [1.82, 2.24) is 15.2 Å². The molecule has 0 atom stereocenters. The van der Waals surface area contributed by atoms with E-state index in [1.165, 1.54) is 18.5 Å². The average molecular weight is 332 g/mol. The Bertz CT molecular complexity index is 813. The molecule has 1 aliphatic heterocycles. The molecule has 1 saturated heterocycles. The van der Waals surface area contributed by atoms with Crippen LogP contribution in [0.25, 0.3) is 0 Å². The van der Waals surface area contributed by atoms with E-state index < -0.39 is 0 Å². The van der Waals surface area contributed by atoms with Crippen LogP contribution in [0.15, 0.2) is 60.8 Å². The van der Waals surface area contributed by atoms with E-state index in [-0.39, 0.29) is 0 Å². The van der Waals surface area contributed by atoms with E-state index in [2.05, 4.69) is 42.8 Å². The Morgan fingerprint density at radius 1 is 0.800 bits per heavy atom. The third-order valence-corrected chi connectivity index (χ3v) is 4.20. The molecule has 0 unspecified atom stereocenters. The van der Waals surface area contributed by atoms with E-state index in [1.807, 2.05) is 42.5 Å². The largest absolute Gasteiger partial charge is 0.372 e. The van der Waals surface area contributed by atoms with Crippen molar-refractivity contribution >= 4 is 28.8 Å². The number of nitrogens with one attached hydrogen (secondary N) is 2. The van der Waals surface area contributed by atoms with Crippen LogP contribution in [-0.4, -0.2) is 28.3 Å². The molecule has 6 nitrogen and oxygen atoms in total. The van der Waals surface area contributed by atoms with Gasteiger partial charge in [0.2, 0.25) is 5.95 Å². The molecule has 0 aliphatic carbocycles. The summed E-state index contributed by atoms with van der Waals surface area (Å²) in [4.78, 5) is 6.87. The molecule has 3 aromatic rings. The van der Waals surface area contributed by atoms with Crippen molar-refractivity contribution in [3.8, 4) is 0 Å². The SMILES string of the molecule is c1ccc(Nc2cnnc(Nc3ccc(N4CCCC4)cc3)n2)cc1. The van der Waals surface area contributed by atoms with Crippen molar-refractivity contribution in [3.05, 3.63) is 60.8 Å². The second-order valence-electron chi connectivity index (χ2n) is 6.02. The van der Waals surface area contributed by atoms with E-state index in [1.54, 1.807) is 6.20 Å². The highest BCUT2D eigenvalue weighted by molar-refractivity contribution is 5.61. The summed E-state index contributed by atoms with van der Waals surface area (Å²) in [6, 6.07) is 18.2. The number of nitrogens with zero attached hydrogens (tertiary/aromatic N) is 4. The first-order chi connectivity index (χ1) is 12.4. The Morgan fingerprint density at radius 2 is 1.52 bits per heavy atom. The van der Waals surface area contributed by atoms with Gasteiger partial charge >= 0.3 is 0 Å². The zero-order valence-electron chi connectivity index (χ0n) is 13.9. The van der Waals surface area contributed by atoms with Crippen molar-refractivity contribution in [1.29, 1.82) is 0 Å². The Kier molecular flexibility index (Phi) is 4.41. The first kappa shape index (κ1) is 15.4. The highest BCUT2D eigenvalue weighted by Gasteiger charge is 2.11. The molecule has 6 heteroatoms. The van der Waals surface area contributed by atoms with Gasteiger partial charge in [-0.15, -0.1) is 5.10 Å². The second-order valence-corrected chi connectivity index (χ2v) is 6.02. The number of rotatable bonds is 5. The summed E-state index contributed by atoms with van der Waals surface area (Å²) in [6.45, 7) is 2.29. The number of aromatic nitrogens is 3. The van der Waals surface area contributed by atoms with Gasteiger partial charge < -0.3 is 15.5 Å². The Morgan fingerprint density at radius 3 is 2.28 bits per heavy atom. The summed E-state index contributed by atoms with van der Waals surface area (Å²) in [7, 11) is 0. The van der Waals surface area contributed by atoms with E-state index in [4.69, 9.17) is 0 Å². The lowest BCUT2D eigenvalue weighted by Gasteiger charge is -2.17. The summed E-state index contributed by atoms with van der Waals surface area (Å²) >= 11 is 0. The lowest BCUT2D eigenvalue weighted by Crippen LogP contribution is -2.17. The predicted molar refractivity (Wildman–Crippen MR) is 101 cm³/mol. The lowest BCUT2D eigenvalue weighted by atomic mass is 10.2. The van der Waals surface area contributed by atoms with Crippen molar-refractivity contribution in [3.63, 3.8) is 0 Å². The lowest BCUT2D eigenvalue weighted by molar-refractivity contribution is 0.949. The Balaban J connectivity index is 1.44. The smallest absolute Gasteiger partial charge is 0.249 e. The summed E-state index contributed by atoms with van der Waals surface area (Å²) in [6.07, 6.45) is 4.16. The monoisotopic (exact) mass is 332 g/mol. The molecule has 0 radical (unpaired) electrons. The van der Waals surface area contributed by atoms with Gasteiger partial charge in [-0.2, -0.15) is 10.1 Å². The number of benzene rings is 2. The van der Waals surface area contributed by atoms with Gasteiger partial charge in [0.05, 0.1) is 6.20 Å². The maximum Gasteiger partial charge on any atom is 0.249 e. The fraction of sp³-hybridized carbons (Fsp3) is 0.211. The van der Waals surface area contributed by atoms with Crippen molar-refractivity contribution in [2.45, 2.75) is 12.8 Å². The van der Waals surface area contributed by atoms with Crippen LogP contribution in [0.4, 0.5) is 28.8 Å². The predicted octanol–water partition coefficient (Wildman–Crippen LogP) is 3.96. The van der Waals surface area contributed by atoms with Crippen LogP contribution >= 0.6 is 0 Å². The van der Waals surface area contributed by atoms with E-state index in [9.17, 15) is 0 Å². The van der Waals surface area contributed by atoms with Crippen LogP contribution in [0, 0.1) is 0 Å². The zero-order chi connectivity index (χ0) is 16.9. The summed E-state index contributed by atoms with van der Waals surface area (Å²) in [5.74, 6) is 1.12. The van der Waals surface area contributed by atoms with Gasteiger partial charge in [0.1, 0.15) is 0 Å². The molecule has 1 fully saturated rings. The number of hydrogen-bond donors (Lipinski definition) is 2. The van der Waals surface area contributed by atoms with Crippen molar-refractivity contribution in [2.75, 3.05) is 28.6 Å². The normalized spacial score (nSPS) is 13.7. The van der Waals surface area contributed by atoms with Crippen LogP contribution in [0.3, 0.4) is 0 Å². The van der Waals surface area contributed by atoms with Crippen molar-refractivity contribution < 1.29 is 0 Å². The summed E-state index contributed by atoms with van der Waals surface area (Å²) < 4.78 is 0. The maximum atomic E-state index is 4.46. The Labute approximate surface area is 146 Å². The Hall–Kier alpha value is -3.15. The molecular formula is C19H20N6. The number of anilines is 5. The zero-order valence-corrected chi connectivity index (χ0v) is 13.9. The first-order valence-electron chi connectivity index (χ1n) is 8.51. The van der Waals surface area contributed by atoms with Gasteiger partial charge in [-0.05, 0) is 49.2 Å². The van der Waals surface area contributed by atoms with Crippen LogP contribution in [0.2, 0.25) is 0 Å². The second kappa shape index (κ2) is 7.17. The standard InChI is InChI=1S/C19H20N6/c1-2-6-15(7-3-1)21-18-14-20-24-19(23-18)22-16-8-10-17(11-9-16)25-12-4-5-13-25/h1-3,6-11,14H,4-5,12-13H2,(H2,21,22,23,24). The minimum absolute atomic E-state index is 0.467. The molecule has 1 aromatic heterocycles. The third-order valence-electron chi connectivity index (χ3n) is 4.20. The number of hydrogen-bond acceptors (Lipinski definition) is 6. The van der Waals surface area contributed by atoms with Gasteiger partial charge in [0.15, 0.2) is 5.82 Å². The molecule has 0 amide bonds. The molecule has 2 heterocycles. The molecule has 2 aromatic carbocycles. The molecule has 4 rings (SSSR count). The van der Waals surface area contributed by atoms with Crippen LogP contribution in [0.1, 0.15) is 12.8 Å². The summed E-state index contributed by atoms with van der Waals surface area (Å²) in [5.41, 5.74) is 3.17. The van der Waals surface area contributed by atoms with Gasteiger partial charge in [0, 0.05) is 30.2 Å². The average Bonchev–Trinajstić information content (AvgIpc) is 3.18.